The molecule has 1 heterocycles. The van der Waals surface area contributed by atoms with Crippen LogP contribution in [0.3, 0.4) is 0 Å². The standard InChI is InChI=1S/C20H27NO4/c1-25-18(23)20(24,17(22)21-14-8-9-15-21)19(12-6-3-7-13-19)16-10-4-2-5-11-16/h2,4-5,10-11,24H,3,6-9,12-15H2,1H3. The van der Waals surface area contributed by atoms with Gasteiger partial charge in [-0.05, 0) is 31.2 Å². The zero-order valence-electron chi connectivity index (χ0n) is 14.9. The van der Waals surface area contributed by atoms with E-state index in [9.17, 15) is 14.7 Å². The molecule has 0 bridgehead atoms. The molecule has 5 nitrogen and oxygen atoms in total. The smallest absolute Gasteiger partial charge is 0.348 e. The van der Waals surface area contributed by atoms with E-state index in [4.69, 9.17) is 4.74 Å². The maximum absolute atomic E-state index is 13.3. The number of benzene rings is 1. The third kappa shape index (κ3) is 2.84. The predicted octanol–water partition coefficient (Wildman–Crippen LogP) is 2.42. The van der Waals surface area contributed by atoms with Crippen LogP contribution < -0.4 is 0 Å². The number of hydrogen-bond donors (Lipinski definition) is 1. The second-order valence-corrected chi connectivity index (χ2v) is 7.21. The summed E-state index contributed by atoms with van der Waals surface area (Å²) in [7, 11) is 1.24. The third-order valence-electron chi connectivity index (χ3n) is 5.91. The monoisotopic (exact) mass is 345 g/mol. The molecule has 1 N–H and O–H groups in total. The SMILES string of the molecule is COC(=O)C(O)(C(=O)N1CCCC1)C1(c2ccccc2)CCCCC1. The van der Waals surface area contributed by atoms with Crippen LogP contribution in [0.2, 0.25) is 0 Å². The van der Waals surface area contributed by atoms with E-state index in [0.29, 0.717) is 25.9 Å². The van der Waals surface area contributed by atoms with Crippen LogP contribution in [-0.2, 0) is 19.7 Å². The molecule has 25 heavy (non-hydrogen) atoms. The first-order chi connectivity index (χ1) is 12.1. The van der Waals surface area contributed by atoms with Crippen molar-refractivity contribution in [3.63, 3.8) is 0 Å². The summed E-state index contributed by atoms with van der Waals surface area (Å²) in [5.41, 5.74) is -2.26. The summed E-state index contributed by atoms with van der Waals surface area (Å²) in [6, 6.07) is 9.51. The summed E-state index contributed by atoms with van der Waals surface area (Å²) in [4.78, 5) is 27.7. The summed E-state index contributed by atoms with van der Waals surface area (Å²) < 4.78 is 4.96. The van der Waals surface area contributed by atoms with Gasteiger partial charge in [-0.2, -0.15) is 0 Å². The molecule has 1 amide bonds. The Labute approximate surface area is 149 Å². The Morgan fingerprint density at radius 2 is 1.64 bits per heavy atom. The number of amides is 1. The molecule has 2 fully saturated rings. The molecule has 1 unspecified atom stereocenters. The topological polar surface area (TPSA) is 66.8 Å². The maximum Gasteiger partial charge on any atom is 0.348 e. The largest absolute Gasteiger partial charge is 0.466 e. The maximum atomic E-state index is 13.3. The molecule has 2 aliphatic rings. The molecule has 0 radical (unpaired) electrons. The zero-order chi connectivity index (χ0) is 17.9. The highest BCUT2D eigenvalue weighted by Gasteiger charge is 2.63. The summed E-state index contributed by atoms with van der Waals surface area (Å²) >= 11 is 0. The number of esters is 1. The minimum absolute atomic E-state index is 0.498. The molecular weight excluding hydrogens is 318 g/mol. The lowest BCUT2D eigenvalue weighted by molar-refractivity contribution is -0.185. The molecule has 1 saturated carbocycles. The summed E-state index contributed by atoms with van der Waals surface area (Å²) in [5, 5.41) is 11.7. The molecule has 1 aromatic rings. The van der Waals surface area contributed by atoms with Crippen molar-refractivity contribution in [2.45, 2.75) is 56.0 Å². The van der Waals surface area contributed by atoms with Gasteiger partial charge < -0.3 is 14.7 Å². The Hall–Kier alpha value is -1.88. The Morgan fingerprint density at radius 3 is 2.20 bits per heavy atom. The molecule has 0 aromatic heterocycles. The van der Waals surface area contributed by atoms with Gasteiger partial charge in [0.05, 0.1) is 7.11 Å². The number of carbonyl (C=O) groups excluding carboxylic acids is 2. The number of carbonyl (C=O) groups is 2. The highest BCUT2D eigenvalue weighted by atomic mass is 16.5. The van der Waals surface area contributed by atoms with Crippen LogP contribution in [0.4, 0.5) is 0 Å². The molecule has 136 valence electrons. The molecule has 1 aliphatic heterocycles. The van der Waals surface area contributed by atoms with Crippen molar-refractivity contribution in [1.82, 2.24) is 4.90 Å². The quantitative estimate of drug-likeness (QED) is 0.672. The molecule has 1 aliphatic carbocycles. The van der Waals surface area contributed by atoms with E-state index in [2.05, 4.69) is 0 Å². The lowest BCUT2D eigenvalue weighted by Crippen LogP contribution is -2.66. The van der Waals surface area contributed by atoms with E-state index in [1.54, 1.807) is 4.90 Å². The first kappa shape index (κ1) is 17.9. The summed E-state index contributed by atoms with van der Waals surface area (Å²) in [6.45, 7) is 1.17. The van der Waals surface area contributed by atoms with Gasteiger partial charge in [0.15, 0.2) is 0 Å². The minimum atomic E-state index is -2.17. The molecule has 3 rings (SSSR count). The van der Waals surface area contributed by atoms with Gasteiger partial charge >= 0.3 is 5.97 Å². The average molecular weight is 345 g/mol. The van der Waals surface area contributed by atoms with E-state index in [0.717, 1.165) is 37.7 Å². The van der Waals surface area contributed by atoms with Gasteiger partial charge in [0.2, 0.25) is 0 Å². The van der Waals surface area contributed by atoms with Crippen LogP contribution in [0.25, 0.3) is 0 Å². The van der Waals surface area contributed by atoms with Crippen molar-refractivity contribution < 1.29 is 19.4 Å². The van der Waals surface area contributed by atoms with Crippen molar-refractivity contribution in [3.05, 3.63) is 35.9 Å². The fourth-order valence-corrected chi connectivity index (χ4v) is 4.56. The Morgan fingerprint density at radius 1 is 1.04 bits per heavy atom. The third-order valence-corrected chi connectivity index (χ3v) is 5.91. The number of aliphatic hydroxyl groups is 1. The van der Waals surface area contributed by atoms with E-state index in [1.807, 2.05) is 30.3 Å². The minimum Gasteiger partial charge on any atom is -0.466 e. The number of methoxy groups -OCH3 is 1. The second-order valence-electron chi connectivity index (χ2n) is 7.21. The molecular formula is C20H27NO4. The molecule has 1 saturated heterocycles. The lowest BCUT2D eigenvalue weighted by Gasteiger charge is -2.48. The van der Waals surface area contributed by atoms with Gasteiger partial charge in [0.1, 0.15) is 0 Å². The van der Waals surface area contributed by atoms with E-state index in [-0.39, 0.29) is 0 Å². The number of likely N-dealkylation sites (tertiary alicyclic amines) is 1. The second kappa shape index (κ2) is 7.16. The molecule has 1 aromatic carbocycles. The van der Waals surface area contributed by atoms with Crippen LogP contribution in [0.5, 0.6) is 0 Å². The predicted molar refractivity (Wildman–Crippen MR) is 94.0 cm³/mol. The normalized spacial score (nSPS) is 22.2. The first-order valence-corrected chi connectivity index (χ1v) is 9.22. The summed E-state index contributed by atoms with van der Waals surface area (Å²) in [6.07, 6.45) is 5.81. The number of nitrogens with zero attached hydrogens (tertiary/aromatic N) is 1. The molecule has 0 spiro atoms. The van der Waals surface area contributed by atoms with Gasteiger partial charge in [-0.25, -0.2) is 4.79 Å². The molecule has 1 atom stereocenters. The highest BCUT2D eigenvalue weighted by Crippen LogP contribution is 2.48. The Bertz CT molecular complexity index is 618. The van der Waals surface area contributed by atoms with Gasteiger partial charge in [-0.3, -0.25) is 4.79 Å². The van der Waals surface area contributed by atoms with Crippen LogP contribution >= 0.6 is 0 Å². The number of ether oxygens (including phenoxy) is 1. The summed E-state index contributed by atoms with van der Waals surface area (Å²) in [5.74, 6) is -1.34. The fraction of sp³-hybridized carbons (Fsp3) is 0.600. The van der Waals surface area contributed by atoms with Crippen molar-refractivity contribution in [1.29, 1.82) is 0 Å². The van der Waals surface area contributed by atoms with E-state index in [1.165, 1.54) is 7.11 Å². The van der Waals surface area contributed by atoms with Gasteiger partial charge in [0, 0.05) is 18.5 Å². The van der Waals surface area contributed by atoms with E-state index < -0.39 is 22.9 Å². The van der Waals surface area contributed by atoms with Crippen molar-refractivity contribution >= 4 is 11.9 Å². The van der Waals surface area contributed by atoms with Gasteiger partial charge in [-0.15, -0.1) is 0 Å². The van der Waals surface area contributed by atoms with Crippen molar-refractivity contribution in [3.8, 4) is 0 Å². The Kier molecular flexibility index (Phi) is 5.13. The Balaban J connectivity index is 2.13. The highest BCUT2D eigenvalue weighted by molar-refractivity contribution is 6.08. The zero-order valence-corrected chi connectivity index (χ0v) is 14.9. The van der Waals surface area contributed by atoms with Gasteiger partial charge in [0.25, 0.3) is 11.5 Å². The van der Waals surface area contributed by atoms with Gasteiger partial charge in [-0.1, -0.05) is 49.6 Å². The lowest BCUT2D eigenvalue weighted by atomic mass is 9.59. The van der Waals surface area contributed by atoms with Crippen molar-refractivity contribution in [2.75, 3.05) is 20.2 Å². The number of rotatable bonds is 4. The molecule has 5 heteroatoms. The van der Waals surface area contributed by atoms with Crippen LogP contribution in [0.15, 0.2) is 30.3 Å². The first-order valence-electron chi connectivity index (χ1n) is 9.22. The average Bonchev–Trinajstić information content (AvgIpc) is 3.22. The van der Waals surface area contributed by atoms with Crippen LogP contribution in [0.1, 0.15) is 50.5 Å². The van der Waals surface area contributed by atoms with Crippen LogP contribution in [0, 0.1) is 0 Å². The fourth-order valence-electron chi connectivity index (χ4n) is 4.56. The van der Waals surface area contributed by atoms with Crippen molar-refractivity contribution in [2.24, 2.45) is 0 Å². The van der Waals surface area contributed by atoms with Crippen LogP contribution in [-0.4, -0.2) is 47.7 Å². The number of hydrogen-bond acceptors (Lipinski definition) is 4. The van der Waals surface area contributed by atoms with E-state index >= 15 is 0 Å².